The molecule has 0 aliphatic heterocycles. The van der Waals surface area contributed by atoms with E-state index in [2.05, 4.69) is 38.2 Å². The van der Waals surface area contributed by atoms with Crippen molar-refractivity contribution in [2.75, 3.05) is 28.8 Å². The highest BCUT2D eigenvalue weighted by atomic mass is 32.2. The lowest BCUT2D eigenvalue weighted by Gasteiger charge is -2.27. The predicted octanol–water partition coefficient (Wildman–Crippen LogP) is 16.0. The van der Waals surface area contributed by atoms with Gasteiger partial charge < -0.3 is 15.1 Å². The number of nitrogens with one attached hydrogen (secondary N) is 3. The van der Waals surface area contributed by atoms with E-state index < -0.39 is 46.3 Å². The normalized spacial score (nSPS) is 12.4. The highest BCUT2D eigenvalue weighted by molar-refractivity contribution is 7.93. The molecule has 5 N–H and O–H groups in total. The van der Waals surface area contributed by atoms with Gasteiger partial charge in [0.05, 0.1) is 39.5 Å². The second-order valence-corrected chi connectivity index (χ2v) is 27.1. The second kappa shape index (κ2) is 29.6. The minimum Gasteiger partial charge on any atom is -0.506 e. The molecule has 0 aliphatic carbocycles. The Labute approximate surface area is 476 Å². The standard InChI is InChI=1S/C62H84N6O9S3/c1-7-9-11-13-15-17-19-21-23-30-43-68(44-31-24-22-20-18-16-14-12-10-8-2)61(71)57-55(46-33-26-25-27-34-46)58(49-35-28-29-36-50(49)60(57)70)66-79(74,75)48-41-39-47(40-42-48)63-64-53-45-54(80(76,77)67-62(3,4)5)59(69)51-37-32-38-52(56(51)53)65-78(6,72)73/h25-29,32-42,45,65-67,69-70H,7-24,30-31,43-44H2,1-6H3. The molecular formula is C62H84N6O9S3. The van der Waals surface area contributed by atoms with Gasteiger partial charge in [-0.05, 0) is 75.6 Å². The van der Waals surface area contributed by atoms with E-state index in [4.69, 9.17) is 0 Å². The summed E-state index contributed by atoms with van der Waals surface area (Å²) in [6.07, 6.45) is 23.9. The zero-order valence-corrected chi connectivity index (χ0v) is 50.1. The number of hydrogen-bond acceptors (Lipinski definition) is 11. The van der Waals surface area contributed by atoms with E-state index in [-0.39, 0.29) is 61.2 Å². The molecule has 0 aliphatic rings. The van der Waals surface area contributed by atoms with Crippen LogP contribution in [0.4, 0.5) is 22.7 Å². The molecule has 0 radical (unpaired) electrons. The Morgan fingerprint density at radius 2 is 1.05 bits per heavy atom. The minimum atomic E-state index is -4.45. The number of aromatic hydroxyl groups is 2. The van der Waals surface area contributed by atoms with Crippen molar-refractivity contribution in [3.8, 4) is 22.6 Å². The average Bonchev–Trinajstić information content (AvgIpc) is 3.61. The first-order valence-electron chi connectivity index (χ1n) is 28.6. The van der Waals surface area contributed by atoms with Crippen molar-refractivity contribution in [2.24, 2.45) is 10.2 Å². The smallest absolute Gasteiger partial charge is 0.261 e. The zero-order valence-electron chi connectivity index (χ0n) is 47.7. The lowest BCUT2D eigenvalue weighted by atomic mass is 9.91. The molecule has 6 rings (SSSR count). The van der Waals surface area contributed by atoms with E-state index in [1.807, 2.05) is 11.0 Å². The first-order chi connectivity index (χ1) is 38.2. The summed E-state index contributed by atoms with van der Waals surface area (Å²) in [6.45, 7) is 10.4. The number of hydrogen-bond donors (Lipinski definition) is 5. The van der Waals surface area contributed by atoms with E-state index >= 15 is 4.79 Å². The van der Waals surface area contributed by atoms with Gasteiger partial charge in [0.25, 0.3) is 15.9 Å². The molecule has 0 heterocycles. The molecular weight excluding hydrogens is 1070 g/mol. The van der Waals surface area contributed by atoms with Gasteiger partial charge in [-0.3, -0.25) is 14.2 Å². The average molecular weight is 1150 g/mol. The molecule has 0 spiro atoms. The highest BCUT2D eigenvalue weighted by Crippen LogP contribution is 2.47. The first kappa shape index (κ1) is 63.1. The van der Waals surface area contributed by atoms with E-state index in [0.717, 1.165) is 63.7 Å². The van der Waals surface area contributed by atoms with Crippen LogP contribution in [0.1, 0.15) is 173 Å². The molecule has 80 heavy (non-hydrogen) atoms. The highest BCUT2D eigenvalue weighted by Gasteiger charge is 2.31. The molecule has 0 saturated carbocycles. The number of azo groups is 1. The summed E-state index contributed by atoms with van der Waals surface area (Å²) in [6, 6.07) is 26.7. The third kappa shape index (κ3) is 18.0. The van der Waals surface area contributed by atoms with Crippen LogP contribution in [-0.2, 0) is 30.1 Å². The van der Waals surface area contributed by atoms with Crippen molar-refractivity contribution >= 4 is 80.3 Å². The Morgan fingerprint density at radius 3 is 1.57 bits per heavy atom. The molecule has 0 atom stereocenters. The van der Waals surface area contributed by atoms with Gasteiger partial charge in [-0.1, -0.05) is 196 Å². The summed E-state index contributed by atoms with van der Waals surface area (Å²) in [4.78, 5) is 16.5. The van der Waals surface area contributed by atoms with Gasteiger partial charge in [0.1, 0.15) is 16.4 Å². The number of carbonyl (C=O) groups is 1. The maximum Gasteiger partial charge on any atom is 0.261 e. The number of amides is 1. The monoisotopic (exact) mass is 1150 g/mol. The van der Waals surface area contributed by atoms with Crippen molar-refractivity contribution in [1.29, 1.82) is 0 Å². The number of phenols is 2. The van der Waals surface area contributed by atoms with Crippen LogP contribution >= 0.6 is 0 Å². The topological polar surface area (TPSA) is 224 Å². The fraction of sp³-hybridized carbons (Fsp3) is 0.468. The van der Waals surface area contributed by atoms with E-state index in [1.54, 1.807) is 69.3 Å². The number of phenolic OH excluding ortho intramolecular Hbond substituents is 2. The summed E-state index contributed by atoms with van der Waals surface area (Å²) in [5.74, 6) is -1.23. The van der Waals surface area contributed by atoms with Crippen molar-refractivity contribution in [2.45, 2.75) is 178 Å². The SMILES string of the molecule is CCCCCCCCCCCCN(CCCCCCCCCCCC)C(=O)c1c(-c2ccccc2)c(NS(=O)(=O)c2ccc(N=Nc3cc(S(=O)(=O)NC(C)(C)C)c(O)c4cccc(NS(C)(=O)=O)c34)cc2)c2ccccc2c1O. The Hall–Kier alpha value is -6.08. The van der Waals surface area contributed by atoms with Crippen LogP contribution < -0.4 is 14.2 Å². The maximum atomic E-state index is 15.4. The molecule has 6 aromatic carbocycles. The fourth-order valence-electron chi connectivity index (χ4n) is 10.1. The molecule has 0 saturated heterocycles. The van der Waals surface area contributed by atoms with Crippen molar-refractivity contribution in [1.82, 2.24) is 9.62 Å². The summed E-state index contributed by atoms with van der Waals surface area (Å²) in [5.41, 5.74) is 0.0344. The third-order valence-corrected chi connectivity index (χ3v) is 17.8. The van der Waals surface area contributed by atoms with Crippen LogP contribution in [-0.4, -0.2) is 71.2 Å². The fourth-order valence-corrected chi connectivity index (χ4v) is 13.3. The minimum absolute atomic E-state index is 0.00635. The molecule has 434 valence electrons. The van der Waals surface area contributed by atoms with Gasteiger partial charge in [0, 0.05) is 45.7 Å². The number of nitrogens with zero attached hydrogens (tertiary/aromatic N) is 3. The lowest BCUT2D eigenvalue weighted by molar-refractivity contribution is 0.0747. The quantitative estimate of drug-likeness (QED) is 0.0150. The number of carbonyl (C=O) groups excluding carboxylic acids is 1. The largest absolute Gasteiger partial charge is 0.506 e. The van der Waals surface area contributed by atoms with Crippen molar-refractivity contribution < 1.29 is 40.3 Å². The van der Waals surface area contributed by atoms with Gasteiger partial charge in [-0.15, -0.1) is 5.11 Å². The second-order valence-electron chi connectivity index (χ2n) is 22.0. The maximum absolute atomic E-state index is 15.4. The van der Waals surface area contributed by atoms with Gasteiger partial charge in [0.2, 0.25) is 20.0 Å². The third-order valence-electron chi connectivity index (χ3n) is 14.1. The predicted molar refractivity (Wildman–Crippen MR) is 326 cm³/mol. The molecule has 18 heteroatoms. The summed E-state index contributed by atoms with van der Waals surface area (Å²) >= 11 is 0. The Morgan fingerprint density at radius 1 is 0.550 bits per heavy atom. The van der Waals surface area contributed by atoms with Gasteiger partial charge in [0.15, 0.2) is 0 Å². The lowest BCUT2D eigenvalue weighted by Crippen LogP contribution is -2.40. The van der Waals surface area contributed by atoms with Crippen LogP contribution in [0.15, 0.2) is 123 Å². The van der Waals surface area contributed by atoms with Crippen LogP contribution in [0.5, 0.6) is 11.5 Å². The van der Waals surface area contributed by atoms with Crippen LogP contribution in [0.25, 0.3) is 32.7 Å². The summed E-state index contributed by atoms with van der Waals surface area (Å²) < 4.78 is 89.4. The number of benzene rings is 6. The van der Waals surface area contributed by atoms with Crippen molar-refractivity contribution in [3.63, 3.8) is 0 Å². The number of sulfonamides is 3. The van der Waals surface area contributed by atoms with E-state index in [9.17, 15) is 35.5 Å². The molecule has 15 nitrogen and oxygen atoms in total. The van der Waals surface area contributed by atoms with E-state index in [0.29, 0.717) is 29.4 Å². The summed E-state index contributed by atoms with van der Waals surface area (Å²) in [5, 5.41) is 33.1. The van der Waals surface area contributed by atoms with Crippen LogP contribution in [0.2, 0.25) is 0 Å². The summed E-state index contributed by atoms with van der Waals surface area (Å²) in [7, 11) is -12.7. The molecule has 0 aromatic heterocycles. The number of anilines is 2. The number of fused-ring (bicyclic) bond motifs is 2. The van der Waals surface area contributed by atoms with Crippen LogP contribution in [0, 0.1) is 0 Å². The molecule has 1 amide bonds. The Bertz CT molecular complexity index is 3360. The van der Waals surface area contributed by atoms with Crippen LogP contribution in [0.3, 0.4) is 0 Å². The molecule has 6 aromatic rings. The molecule has 0 bridgehead atoms. The first-order valence-corrected chi connectivity index (χ1v) is 33.5. The number of rotatable bonds is 33. The Kier molecular flexibility index (Phi) is 23.3. The molecule has 0 unspecified atom stereocenters. The Balaban J connectivity index is 1.34. The molecule has 0 fully saturated rings. The zero-order chi connectivity index (χ0) is 57.9. The van der Waals surface area contributed by atoms with Gasteiger partial charge >= 0.3 is 0 Å². The van der Waals surface area contributed by atoms with E-state index in [1.165, 1.54) is 120 Å². The van der Waals surface area contributed by atoms with Crippen molar-refractivity contribution in [3.05, 3.63) is 109 Å². The number of unbranched alkanes of at least 4 members (excludes halogenated alkanes) is 18. The van der Waals surface area contributed by atoms with Gasteiger partial charge in [-0.2, -0.15) is 5.11 Å². The van der Waals surface area contributed by atoms with Gasteiger partial charge in [-0.25, -0.2) is 30.0 Å².